The van der Waals surface area contributed by atoms with Crippen molar-refractivity contribution in [1.29, 1.82) is 0 Å². The second-order valence-electron chi connectivity index (χ2n) is 6.17. The van der Waals surface area contributed by atoms with Crippen LogP contribution in [0.15, 0.2) is 24.3 Å². The van der Waals surface area contributed by atoms with Crippen molar-refractivity contribution in [3.63, 3.8) is 0 Å². The van der Waals surface area contributed by atoms with Gasteiger partial charge in [-0.05, 0) is 42.4 Å². The molecule has 0 radical (unpaired) electrons. The van der Waals surface area contributed by atoms with Crippen molar-refractivity contribution in [2.75, 3.05) is 13.1 Å². The van der Waals surface area contributed by atoms with Gasteiger partial charge in [-0.2, -0.15) is 0 Å². The first kappa shape index (κ1) is 14.0. The van der Waals surface area contributed by atoms with Gasteiger partial charge in [-0.3, -0.25) is 4.79 Å². The lowest BCUT2D eigenvalue weighted by molar-refractivity contribution is -0.133. The van der Waals surface area contributed by atoms with Crippen LogP contribution in [-0.4, -0.2) is 23.9 Å². The van der Waals surface area contributed by atoms with Crippen LogP contribution >= 0.6 is 0 Å². The molecule has 104 valence electrons. The van der Waals surface area contributed by atoms with Crippen LogP contribution in [0.4, 0.5) is 4.39 Å². The maximum atomic E-state index is 13.0. The maximum Gasteiger partial charge on any atom is 0.222 e. The lowest BCUT2D eigenvalue weighted by Crippen LogP contribution is -2.41. The molecule has 1 aliphatic rings. The highest BCUT2D eigenvalue weighted by Crippen LogP contribution is 2.29. The number of amides is 1. The summed E-state index contributed by atoms with van der Waals surface area (Å²) >= 11 is 0. The van der Waals surface area contributed by atoms with Crippen molar-refractivity contribution < 1.29 is 9.18 Å². The van der Waals surface area contributed by atoms with Crippen molar-refractivity contribution in [3.8, 4) is 0 Å². The monoisotopic (exact) mass is 263 g/mol. The fourth-order valence-corrected chi connectivity index (χ4v) is 2.46. The number of benzene rings is 1. The molecule has 19 heavy (non-hydrogen) atoms. The molecule has 0 N–H and O–H groups in total. The summed E-state index contributed by atoms with van der Waals surface area (Å²) in [5.41, 5.74) is 1.25. The van der Waals surface area contributed by atoms with Gasteiger partial charge in [0.2, 0.25) is 5.91 Å². The molecule has 2 nitrogen and oxygen atoms in total. The van der Waals surface area contributed by atoms with E-state index in [2.05, 4.69) is 13.8 Å². The minimum atomic E-state index is -0.232. The predicted molar refractivity (Wildman–Crippen MR) is 74.3 cm³/mol. The Morgan fingerprint density at radius 1 is 1.32 bits per heavy atom. The van der Waals surface area contributed by atoms with Gasteiger partial charge in [0, 0.05) is 19.5 Å². The van der Waals surface area contributed by atoms with Gasteiger partial charge in [0.25, 0.3) is 0 Å². The molecule has 1 saturated heterocycles. The normalized spacial score (nSPS) is 18.4. The van der Waals surface area contributed by atoms with Crippen LogP contribution < -0.4 is 0 Å². The molecule has 0 unspecified atom stereocenters. The molecule has 0 atom stereocenters. The average Bonchev–Trinajstić information content (AvgIpc) is 2.36. The predicted octanol–water partition coefficient (Wildman–Crippen LogP) is 3.41. The van der Waals surface area contributed by atoms with Crippen LogP contribution in [0.1, 0.15) is 38.7 Å². The first-order chi connectivity index (χ1) is 8.96. The van der Waals surface area contributed by atoms with Crippen molar-refractivity contribution in [1.82, 2.24) is 4.90 Å². The highest BCUT2D eigenvalue weighted by atomic mass is 19.1. The summed E-state index contributed by atoms with van der Waals surface area (Å²) < 4.78 is 13.0. The van der Waals surface area contributed by atoms with E-state index in [0.717, 1.165) is 31.5 Å². The van der Waals surface area contributed by atoms with E-state index in [0.29, 0.717) is 18.3 Å². The molecule has 1 fully saturated rings. The van der Waals surface area contributed by atoms with Crippen LogP contribution in [0.2, 0.25) is 0 Å². The number of likely N-dealkylation sites (tertiary alicyclic amines) is 1. The van der Waals surface area contributed by atoms with Gasteiger partial charge in [0.15, 0.2) is 0 Å². The Hall–Kier alpha value is -1.38. The molecule has 1 amide bonds. The molecule has 1 heterocycles. The number of piperidine rings is 1. The molecule has 1 aromatic carbocycles. The van der Waals surface area contributed by atoms with E-state index >= 15 is 0 Å². The number of carbonyl (C=O) groups excluding carboxylic acids is 1. The summed E-state index contributed by atoms with van der Waals surface area (Å²) in [6.07, 6.45) is 3.23. The second kappa shape index (κ2) is 5.72. The minimum absolute atomic E-state index is 0.194. The zero-order valence-electron chi connectivity index (χ0n) is 11.8. The summed E-state index contributed by atoms with van der Waals surface area (Å²) in [6, 6.07) is 6.50. The van der Waals surface area contributed by atoms with E-state index in [-0.39, 0.29) is 11.7 Å². The fraction of sp³-hybridized carbons (Fsp3) is 0.562. The summed E-state index contributed by atoms with van der Waals surface area (Å²) in [4.78, 5) is 14.0. The SMILES string of the molecule is CC1(C)CCN(C(=O)CCc2cccc(F)c2)CC1. The topological polar surface area (TPSA) is 20.3 Å². The average molecular weight is 263 g/mol. The number of halogens is 1. The summed E-state index contributed by atoms with van der Waals surface area (Å²) in [5, 5.41) is 0. The lowest BCUT2D eigenvalue weighted by Gasteiger charge is -2.37. The minimum Gasteiger partial charge on any atom is -0.343 e. The molecule has 0 bridgehead atoms. The fourth-order valence-electron chi connectivity index (χ4n) is 2.46. The zero-order valence-corrected chi connectivity index (χ0v) is 11.8. The first-order valence-corrected chi connectivity index (χ1v) is 6.98. The number of rotatable bonds is 3. The Morgan fingerprint density at radius 2 is 2.00 bits per heavy atom. The third-order valence-electron chi connectivity index (χ3n) is 3.99. The Morgan fingerprint density at radius 3 is 2.63 bits per heavy atom. The van der Waals surface area contributed by atoms with E-state index in [1.54, 1.807) is 6.07 Å². The van der Waals surface area contributed by atoms with Gasteiger partial charge in [-0.25, -0.2) is 4.39 Å². The third kappa shape index (κ3) is 4.05. The summed E-state index contributed by atoms with van der Waals surface area (Å²) in [7, 11) is 0. The van der Waals surface area contributed by atoms with Gasteiger partial charge in [0.1, 0.15) is 5.82 Å². The van der Waals surface area contributed by atoms with Crippen LogP contribution in [0.3, 0.4) is 0 Å². The highest BCUT2D eigenvalue weighted by Gasteiger charge is 2.27. The molecule has 1 aromatic rings. The number of hydrogen-bond donors (Lipinski definition) is 0. The van der Waals surface area contributed by atoms with E-state index in [4.69, 9.17) is 0 Å². The van der Waals surface area contributed by atoms with Crippen molar-refractivity contribution in [2.45, 2.75) is 39.5 Å². The van der Waals surface area contributed by atoms with Crippen molar-refractivity contribution in [3.05, 3.63) is 35.6 Å². The Bertz CT molecular complexity index is 446. The summed E-state index contributed by atoms with van der Waals surface area (Å²) in [5.74, 6) is -0.0376. The Kier molecular flexibility index (Phi) is 4.23. The summed E-state index contributed by atoms with van der Waals surface area (Å²) in [6.45, 7) is 6.22. The van der Waals surface area contributed by atoms with Crippen LogP contribution in [0, 0.1) is 11.2 Å². The Labute approximate surface area is 114 Å². The molecule has 0 aromatic heterocycles. The van der Waals surface area contributed by atoms with Crippen LogP contribution in [0.25, 0.3) is 0 Å². The molecular weight excluding hydrogens is 241 g/mol. The number of carbonyl (C=O) groups is 1. The third-order valence-corrected chi connectivity index (χ3v) is 3.99. The van der Waals surface area contributed by atoms with Crippen molar-refractivity contribution >= 4 is 5.91 Å². The zero-order chi connectivity index (χ0) is 13.9. The second-order valence-corrected chi connectivity index (χ2v) is 6.17. The smallest absolute Gasteiger partial charge is 0.222 e. The van der Waals surface area contributed by atoms with E-state index in [1.165, 1.54) is 12.1 Å². The number of hydrogen-bond acceptors (Lipinski definition) is 1. The van der Waals surface area contributed by atoms with E-state index in [1.807, 2.05) is 11.0 Å². The van der Waals surface area contributed by atoms with E-state index in [9.17, 15) is 9.18 Å². The maximum absolute atomic E-state index is 13.0. The van der Waals surface area contributed by atoms with Gasteiger partial charge in [-0.1, -0.05) is 26.0 Å². The number of aryl methyl sites for hydroxylation is 1. The van der Waals surface area contributed by atoms with Crippen LogP contribution in [0.5, 0.6) is 0 Å². The van der Waals surface area contributed by atoms with Gasteiger partial charge < -0.3 is 4.90 Å². The van der Waals surface area contributed by atoms with E-state index < -0.39 is 0 Å². The lowest BCUT2D eigenvalue weighted by atomic mass is 9.82. The molecule has 0 spiro atoms. The quantitative estimate of drug-likeness (QED) is 0.818. The van der Waals surface area contributed by atoms with Crippen LogP contribution in [-0.2, 0) is 11.2 Å². The highest BCUT2D eigenvalue weighted by molar-refractivity contribution is 5.76. The number of nitrogens with zero attached hydrogens (tertiary/aromatic N) is 1. The molecule has 0 aliphatic carbocycles. The molecule has 1 aliphatic heterocycles. The molecule has 0 saturated carbocycles. The van der Waals surface area contributed by atoms with Gasteiger partial charge >= 0.3 is 0 Å². The molecule has 2 rings (SSSR count). The molecular formula is C16H22FNO. The van der Waals surface area contributed by atoms with Gasteiger partial charge in [-0.15, -0.1) is 0 Å². The largest absolute Gasteiger partial charge is 0.343 e. The van der Waals surface area contributed by atoms with Gasteiger partial charge in [0.05, 0.1) is 0 Å². The first-order valence-electron chi connectivity index (χ1n) is 6.98. The Balaban J connectivity index is 1.82. The van der Waals surface area contributed by atoms with Crippen molar-refractivity contribution in [2.24, 2.45) is 5.41 Å². The molecule has 3 heteroatoms. The standard InChI is InChI=1S/C16H22FNO/c1-16(2)8-10-18(11-9-16)15(19)7-6-13-4-3-5-14(17)12-13/h3-5,12H,6-11H2,1-2H3.